The van der Waals surface area contributed by atoms with Crippen LogP contribution in [0.1, 0.15) is 11.1 Å². The van der Waals surface area contributed by atoms with Crippen LogP contribution in [0.3, 0.4) is 0 Å². The second kappa shape index (κ2) is 6.92. The summed E-state index contributed by atoms with van der Waals surface area (Å²) in [7, 11) is 3.28. The van der Waals surface area contributed by atoms with Crippen LogP contribution in [0.25, 0.3) is 0 Å². The van der Waals surface area contributed by atoms with Gasteiger partial charge in [-0.15, -0.1) is 0 Å². The van der Waals surface area contributed by atoms with E-state index in [-0.39, 0.29) is 12.6 Å². The van der Waals surface area contributed by atoms with Gasteiger partial charge < -0.3 is 19.3 Å². The number of hydrogen-bond donors (Lipinski definition) is 1. The molecule has 1 aliphatic heterocycles. The second-order valence-electron chi connectivity index (χ2n) is 5.02. The van der Waals surface area contributed by atoms with Crippen molar-refractivity contribution >= 4 is 0 Å². The van der Waals surface area contributed by atoms with Gasteiger partial charge in [-0.2, -0.15) is 0 Å². The molecular formula is C15H23NO4. The number of aryl methyl sites for hydroxylation is 1. The summed E-state index contributed by atoms with van der Waals surface area (Å²) >= 11 is 0. The maximum absolute atomic E-state index is 9.43. The molecule has 1 atom stereocenters. The molecule has 1 saturated heterocycles. The first-order chi connectivity index (χ1) is 9.69. The van der Waals surface area contributed by atoms with Crippen molar-refractivity contribution in [3.8, 4) is 11.5 Å². The summed E-state index contributed by atoms with van der Waals surface area (Å²) in [6.07, 6.45) is 0. The zero-order valence-electron chi connectivity index (χ0n) is 12.4. The van der Waals surface area contributed by atoms with Crippen molar-refractivity contribution in [1.82, 2.24) is 4.90 Å². The number of morpholine rings is 1. The molecule has 2 rings (SSSR count). The Bertz CT molecular complexity index is 450. The number of hydrogen-bond acceptors (Lipinski definition) is 5. The third-order valence-electron chi connectivity index (χ3n) is 3.78. The molecule has 0 spiro atoms. The van der Waals surface area contributed by atoms with Gasteiger partial charge in [-0.3, -0.25) is 4.90 Å². The minimum atomic E-state index is 0.0660. The first-order valence-corrected chi connectivity index (χ1v) is 6.83. The largest absolute Gasteiger partial charge is 0.493 e. The molecule has 5 heteroatoms. The molecule has 1 unspecified atom stereocenters. The Morgan fingerprint density at radius 2 is 2.00 bits per heavy atom. The van der Waals surface area contributed by atoms with Gasteiger partial charge in [0, 0.05) is 13.1 Å². The Hall–Kier alpha value is -1.30. The molecule has 0 radical (unpaired) electrons. The maximum atomic E-state index is 9.43. The highest BCUT2D eigenvalue weighted by Crippen LogP contribution is 2.31. The van der Waals surface area contributed by atoms with E-state index in [1.807, 2.05) is 12.1 Å². The minimum absolute atomic E-state index is 0.0660. The Labute approximate surface area is 120 Å². The number of rotatable bonds is 5. The molecule has 0 amide bonds. The Morgan fingerprint density at radius 1 is 1.30 bits per heavy atom. The standard InChI is InChI=1S/C15H23NO4/c1-11-6-14(18-2)15(19-3)7-12(11)8-16-4-5-20-10-13(16)9-17/h6-7,13,17H,4-5,8-10H2,1-3H3. The molecular weight excluding hydrogens is 258 g/mol. The van der Waals surface area contributed by atoms with E-state index < -0.39 is 0 Å². The van der Waals surface area contributed by atoms with Crippen molar-refractivity contribution < 1.29 is 19.3 Å². The van der Waals surface area contributed by atoms with Gasteiger partial charge in [0.1, 0.15) is 0 Å². The number of methoxy groups -OCH3 is 2. The average Bonchev–Trinajstić information content (AvgIpc) is 2.49. The summed E-state index contributed by atoms with van der Waals surface area (Å²) in [6.45, 7) is 5.09. The van der Waals surface area contributed by atoms with Gasteiger partial charge in [0.15, 0.2) is 11.5 Å². The average molecular weight is 281 g/mol. The van der Waals surface area contributed by atoms with E-state index in [1.54, 1.807) is 14.2 Å². The lowest BCUT2D eigenvalue weighted by molar-refractivity contribution is -0.0313. The van der Waals surface area contributed by atoms with Gasteiger partial charge >= 0.3 is 0 Å². The van der Waals surface area contributed by atoms with Crippen molar-refractivity contribution in [1.29, 1.82) is 0 Å². The summed E-state index contributed by atoms with van der Waals surface area (Å²) in [4.78, 5) is 2.25. The first kappa shape index (κ1) is 15.1. The van der Waals surface area contributed by atoms with Gasteiger partial charge in [-0.1, -0.05) is 0 Å². The van der Waals surface area contributed by atoms with E-state index in [0.29, 0.717) is 13.2 Å². The number of nitrogens with zero attached hydrogens (tertiary/aromatic N) is 1. The number of aliphatic hydroxyl groups is 1. The van der Waals surface area contributed by atoms with E-state index in [4.69, 9.17) is 14.2 Å². The Balaban J connectivity index is 2.19. The van der Waals surface area contributed by atoms with Gasteiger partial charge in [0.2, 0.25) is 0 Å². The monoisotopic (exact) mass is 281 g/mol. The zero-order valence-corrected chi connectivity index (χ0v) is 12.4. The fraction of sp³-hybridized carbons (Fsp3) is 0.600. The Morgan fingerprint density at radius 3 is 2.65 bits per heavy atom. The Kier molecular flexibility index (Phi) is 5.23. The summed E-state index contributed by atoms with van der Waals surface area (Å²) in [5.41, 5.74) is 2.34. The normalized spacial score (nSPS) is 19.9. The smallest absolute Gasteiger partial charge is 0.161 e. The van der Waals surface area contributed by atoms with Crippen molar-refractivity contribution in [2.24, 2.45) is 0 Å². The van der Waals surface area contributed by atoms with Crippen LogP contribution in [-0.2, 0) is 11.3 Å². The predicted molar refractivity (Wildman–Crippen MR) is 76.4 cm³/mol. The fourth-order valence-corrected chi connectivity index (χ4v) is 2.48. The fourth-order valence-electron chi connectivity index (χ4n) is 2.48. The molecule has 0 bridgehead atoms. The summed E-state index contributed by atoms with van der Waals surface area (Å²) in [5, 5.41) is 9.43. The summed E-state index contributed by atoms with van der Waals surface area (Å²) in [5.74, 6) is 1.48. The van der Waals surface area contributed by atoms with Crippen LogP contribution in [0.4, 0.5) is 0 Å². The van der Waals surface area contributed by atoms with Gasteiger partial charge in [-0.25, -0.2) is 0 Å². The highest BCUT2D eigenvalue weighted by Gasteiger charge is 2.23. The van der Waals surface area contributed by atoms with Crippen molar-refractivity contribution in [2.75, 3.05) is 40.6 Å². The van der Waals surface area contributed by atoms with Crippen LogP contribution in [-0.4, -0.2) is 56.6 Å². The molecule has 1 N–H and O–H groups in total. The lowest BCUT2D eigenvalue weighted by Crippen LogP contribution is -2.46. The molecule has 20 heavy (non-hydrogen) atoms. The second-order valence-corrected chi connectivity index (χ2v) is 5.02. The quantitative estimate of drug-likeness (QED) is 0.879. The molecule has 112 valence electrons. The van der Waals surface area contributed by atoms with E-state index in [1.165, 1.54) is 5.56 Å². The molecule has 1 aromatic carbocycles. The maximum Gasteiger partial charge on any atom is 0.161 e. The van der Waals surface area contributed by atoms with Gasteiger partial charge in [-0.05, 0) is 30.2 Å². The van der Waals surface area contributed by atoms with Crippen LogP contribution in [0.15, 0.2) is 12.1 Å². The lowest BCUT2D eigenvalue weighted by Gasteiger charge is -2.34. The van der Waals surface area contributed by atoms with Gasteiger partial charge in [0.25, 0.3) is 0 Å². The molecule has 0 aliphatic carbocycles. The van der Waals surface area contributed by atoms with Crippen LogP contribution < -0.4 is 9.47 Å². The molecule has 0 saturated carbocycles. The highest BCUT2D eigenvalue weighted by atomic mass is 16.5. The molecule has 0 aromatic heterocycles. The third-order valence-corrected chi connectivity index (χ3v) is 3.78. The summed E-state index contributed by atoms with van der Waals surface area (Å²) < 4.78 is 16.1. The van der Waals surface area contributed by atoms with Crippen molar-refractivity contribution in [3.05, 3.63) is 23.3 Å². The number of ether oxygens (including phenoxy) is 3. The van der Waals surface area contributed by atoms with Crippen LogP contribution in [0.5, 0.6) is 11.5 Å². The number of aliphatic hydroxyl groups excluding tert-OH is 1. The summed E-state index contributed by atoms with van der Waals surface area (Å²) in [6, 6.07) is 4.07. The van der Waals surface area contributed by atoms with Gasteiger partial charge in [0.05, 0.1) is 40.1 Å². The van der Waals surface area contributed by atoms with E-state index in [0.717, 1.165) is 30.2 Å². The topological polar surface area (TPSA) is 51.2 Å². The van der Waals surface area contributed by atoms with Crippen LogP contribution >= 0.6 is 0 Å². The molecule has 1 heterocycles. The minimum Gasteiger partial charge on any atom is -0.493 e. The highest BCUT2D eigenvalue weighted by molar-refractivity contribution is 5.47. The molecule has 1 aliphatic rings. The molecule has 1 aromatic rings. The van der Waals surface area contributed by atoms with Crippen molar-refractivity contribution in [2.45, 2.75) is 19.5 Å². The predicted octanol–water partition coefficient (Wildman–Crippen LogP) is 1.21. The molecule has 1 fully saturated rings. The first-order valence-electron chi connectivity index (χ1n) is 6.83. The third kappa shape index (κ3) is 3.23. The van der Waals surface area contributed by atoms with E-state index in [2.05, 4.69) is 11.8 Å². The van der Waals surface area contributed by atoms with E-state index >= 15 is 0 Å². The number of benzene rings is 1. The van der Waals surface area contributed by atoms with Crippen LogP contribution in [0, 0.1) is 6.92 Å². The molecule has 5 nitrogen and oxygen atoms in total. The van der Waals surface area contributed by atoms with Crippen molar-refractivity contribution in [3.63, 3.8) is 0 Å². The lowest BCUT2D eigenvalue weighted by atomic mass is 10.1. The van der Waals surface area contributed by atoms with E-state index in [9.17, 15) is 5.11 Å². The zero-order chi connectivity index (χ0) is 14.5. The SMILES string of the molecule is COc1cc(C)c(CN2CCOCC2CO)cc1OC. The van der Waals surface area contributed by atoms with Crippen LogP contribution in [0.2, 0.25) is 0 Å².